The van der Waals surface area contributed by atoms with E-state index in [9.17, 15) is 9.59 Å². The molecular formula is C11H13NO4. The molecule has 0 spiro atoms. The highest BCUT2D eigenvalue weighted by Crippen LogP contribution is 2.21. The van der Waals surface area contributed by atoms with Crippen LogP contribution in [-0.2, 0) is 9.53 Å². The van der Waals surface area contributed by atoms with Crippen LogP contribution in [0.1, 0.15) is 23.2 Å². The summed E-state index contributed by atoms with van der Waals surface area (Å²) >= 11 is 0. The number of likely N-dealkylation sites (tertiary alicyclic amines) is 1. The monoisotopic (exact) mass is 223 g/mol. The maximum absolute atomic E-state index is 12.0. The predicted octanol–water partition coefficient (Wildman–Crippen LogP) is 1.06. The number of hydrogen-bond donors (Lipinski definition) is 0. The number of methoxy groups -OCH3 is 1. The second-order valence-corrected chi connectivity index (χ2v) is 3.69. The van der Waals surface area contributed by atoms with E-state index in [2.05, 4.69) is 4.74 Å². The summed E-state index contributed by atoms with van der Waals surface area (Å²) in [7, 11) is 1.33. The molecule has 1 atom stereocenters. The molecule has 1 amide bonds. The zero-order chi connectivity index (χ0) is 11.5. The molecular weight excluding hydrogens is 210 g/mol. The van der Waals surface area contributed by atoms with Gasteiger partial charge in [0.1, 0.15) is 12.3 Å². The summed E-state index contributed by atoms with van der Waals surface area (Å²) in [5.74, 6) is -0.531. The Labute approximate surface area is 93.0 Å². The third-order valence-corrected chi connectivity index (χ3v) is 2.76. The van der Waals surface area contributed by atoms with Crippen molar-refractivity contribution < 1.29 is 18.7 Å². The highest BCUT2D eigenvalue weighted by atomic mass is 16.5. The zero-order valence-corrected chi connectivity index (χ0v) is 9.01. The molecule has 1 unspecified atom stereocenters. The standard InChI is InChI=1S/C11H13NO4/c1-15-11(14)9-3-2-5-12(9)10(13)8-4-6-16-7-8/h4,6-7,9H,2-3,5H2,1H3. The quantitative estimate of drug-likeness (QED) is 0.703. The first-order chi connectivity index (χ1) is 7.74. The first-order valence-corrected chi connectivity index (χ1v) is 5.15. The number of carbonyl (C=O) groups is 2. The lowest BCUT2D eigenvalue weighted by Crippen LogP contribution is -2.40. The molecule has 5 nitrogen and oxygen atoms in total. The Balaban J connectivity index is 2.14. The normalized spacial score (nSPS) is 19.8. The van der Waals surface area contributed by atoms with Crippen LogP contribution in [0.15, 0.2) is 23.0 Å². The summed E-state index contributed by atoms with van der Waals surface area (Å²) < 4.78 is 9.53. The van der Waals surface area contributed by atoms with E-state index in [-0.39, 0.29) is 11.9 Å². The molecule has 0 saturated carbocycles. The molecule has 0 bridgehead atoms. The maximum atomic E-state index is 12.0. The van der Waals surface area contributed by atoms with E-state index in [1.54, 1.807) is 6.07 Å². The minimum atomic E-state index is -0.451. The molecule has 1 aliphatic rings. The molecule has 1 aromatic heterocycles. The van der Waals surface area contributed by atoms with Crippen molar-refractivity contribution in [1.29, 1.82) is 0 Å². The lowest BCUT2D eigenvalue weighted by atomic mass is 10.2. The van der Waals surface area contributed by atoms with Crippen molar-refractivity contribution in [1.82, 2.24) is 4.90 Å². The topological polar surface area (TPSA) is 59.8 Å². The molecule has 1 saturated heterocycles. The van der Waals surface area contributed by atoms with Gasteiger partial charge in [-0.05, 0) is 18.9 Å². The molecule has 5 heteroatoms. The van der Waals surface area contributed by atoms with Crippen LogP contribution in [0, 0.1) is 0 Å². The molecule has 0 aromatic carbocycles. The molecule has 2 heterocycles. The lowest BCUT2D eigenvalue weighted by molar-refractivity contribution is -0.145. The molecule has 0 radical (unpaired) electrons. The minimum absolute atomic E-state index is 0.179. The van der Waals surface area contributed by atoms with E-state index in [1.807, 2.05) is 0 Å². The number of nitrogens with zero attached hydrogens (tertiary/aromatic N) is 1. The van der Waals surface area contributed by atoms with E-state index >= 15 is 0 Å². The van der Waals surface area contributed by atoms with E-state index in [4.69, 9.17) is 4.42 Å². The van der Waals surface area contributed by atoms with Crippen molar-refractivity contribution in [2.45, 2.75) is 18.9 Å². The molecule has 86 valence electrons. The van der Waals surface area contributed by atoms with Crippen LogP contribution in [0.3, 0.4) is 0 Å². The fraction of sp³-hybridized carbons (Fsp3) is 0.455. The molecule has 1 aliphatic heterocycles. The third kappa shape index (κ3) is 1.80. The fourth-order valence-electron chi connectivity index (χ4n) is 1.94. The summed E-state index contributed by atoms with van der Waals surface area (Å²) in [5, 5.41) is 0. The second kappa shape index (κ2) is 4.38. The first-order valence-electron chi connectivity index (χ1n) is 5.15. The number of hydrogen-bond acceptors (Lipinski definition) is 4. The van der Waals surface area contributed by atoms with Gasteiger partial charge >= 0.3 is 5.97 Å². The van der Waals surface area contributed by atoms with Crippen molar-refractivity contribution in [2.24, 2.45) is 0 Å². The van der Waals surface area contributed by atoms with Gasteiger partial charge in [0.25, 0.3) is 5.91 Å². The van der Waals surface area contributed by atoms with Crippen LogP contribution in [-0.4, -0.2) is 36.5 Å². The molecule has 1 fully saturated rings. The van der Waals surface area contributed by atoms with Gasteiger partial charge in [-0.15, -0.1) is 0 Å². The zero-order valence-electron chi connectivity index (χ0n) is 9.01. The van der Waals surface area contributed by atoms with Crippen LogP contribution in [0.5, 0.6) is 0 Å². The van der Waals surface area contributed by atoms with Crippen molar-refractivity contribution in [2.75, 3.05) is 13.7 Å². The second-order valence-electron chi connectivity index (χ2n) is 3.69. The van der Waals surface area contributed by atoms with E-state index in [0.717, 1.165) is 6.42 Å². The Bertz CT molecular complexity index is 385. The third-order valence-electron chi connectivity index (χ3n) is 2.76. The molecule has 16 heavy (non-hydrogen) atoms. The van der Waals surface area contributed by atoms with Gasteiger partial charge in [-0.3, -0.25) is 4.79 Å². The molecule has 0 N–H and O–H groups in total. The average Bonchev–Trinajstić information content (AvgIpc) is 2.97. The predicted molar refractivity (Wildman–Crippen MR) is 54.8 cm³/mol. The highest BCUT2D eigenvalue weighted by molar-refractivity contribution is 5.96. The Hall–Kier alpha value is -1.78. The highest BCUT2D eigenvalue weighted by Gasteiger charge is 2.35. The number of carbonyl (C=O) groups excluding carboxylic acids is 2. The van der Waals surface area contributed by atoms with Crippen LogP contribution in [0.4, 0.5) is 0 Å². The molecule has 2 rings (SSSR count). The van der Waals surface area contributed by atoms with E-state index < -0.39 is 6.04 Å². The summed E-state index contributed by atoms with van der Waals surface area (Å²) in [6.07, 6.45) is 4.31. The number of rotatable bonds is 2. The lowest BCUT2D eigenvalue weighted by Gasteiger charge is -2.21. The van der Waals surface area contributed by atoms with Gasteiger partial charge in [0.05, 0.1) is 18.9 Å². The van der Waals surface area contributed by atoms with Gasteiger partial charge in [0.2, 0.25) is 0 Å². The summed E-state index contributed by atoms with van der Waals surface area (Å²) in [6.45, 7) is 0.587. The van der Waals surface area contributed by atoms with Crippen LogP contribution in [0.2, 0.25) is 0 Å². The van der Waals surface area contributed by atoms with E-state index in [0.29, 0.717) is 18.5 Å². The fourth-order valence-corrected chi connectivity index (χ4v) is 1.94. The smallest absolute Gasteiger partial charge is 0.328 e. The summed E-state index contributed by atoms with van der Waals surface area (Å²) in [4.78, 5) is 25.0. The van der Waals surface area contributed by atoms with Gasteiger partial charge in [0.15, 0.2) is 0 Å². The van der Waals surface area contributed by atoms with E-state index in [1.165, 1.54) is 24.5 Å². The number of ether oxygens (including phenoxy) is 1. The Morgan fingerprint density at radius 1 is 1.56 bits per heavy atom. The van der Waals surface area contributed by atoms with Crippen LogP contribution < -0.4 is 0 Å². The SMILES string of the molecule is COC(=O)C1CCCN1C(=O)c1ccoc1. The van der Waals surface area contributed by atoms with Crippen molar-refractivity contribution >= 4 is 11.9 Å². The molecule has 1 aromatic rings. The van der Waals surface area contributed by atoms with Gasteiger partial charge in [-0.25, -0.2) is 4.79 Å². The van der Waals surface area contributed by atoms with Crippen molar-refractivity contribution in [3.8, 4) is 0 Å². The average molecular weight is 223 g/mol. The Kier molecular flexibility index (Phi) is 2.94. The van der Waals surface area contributed by atoms with Crippen LogP contribution >= 0.6 is 0 Å². The largest absolute Gasteiger partial charge is 0.472 e. The maximum Gasteiger partial charge on any atom is 0.328 e. The Morgan fingerprint density at radius 3 is 3.00 bits per heavy atom. The van der Waals surface area contributed by atoms with Crippen molar-refractivity contribution in [3.05, 3.63) is 24.2 Å². The van der Waals surface area contributed by atoms with Gasteiger partial charge in [-0.1, -0.05) is 0 Å². The first kappa shape index (κ1) is 10.7. The number of esters is 1. The van der Waals surface area contributed by atoms with Crippen LogP contribution in [0.25, 0.3) is 0 Å². The van der Waals surface area contributed by atoms with Gasteiger partial charge in [0, 0.05) is 6.54 Å². The minimum Gasteiger partial charge on any atom is -0.472 e. The van der Waals surface area contributed by atoms with Crippen molar-refractivity contribution in [3.63, 3.8) is 0 Å². The number of amides is 1. The Morgan fingerprint density at radius 2 is 2.38 bits per heavy atom. The van der Waals surface area contributed by atoms with Gasteiger partial charge in [-0.2, -0.15) is 0 Å². The number of furan rings is 1. The van der Waals surface area contributed by atoms with Gasteiger partial charge < -0.3 is 14.1 Å². The molecule has 0 aliphatic carbocycles. The summed E-state index contributed by atoms with van der Waals surface area (Å²) in [5.41, 5.74) is 0.468. The summed E-state index contributed by atoms with van der Waals surface area (Å²) in [6, 6.07) is 1.14.